The molecule has 0 radical (unpaired) electrons. The number of carbonyl (C=O) groups is 2. The fourth-order valence-electron chi connectivity index (χ4n) is 9.89. The summed E-state index contributed by atoms with van der Waals surface area (Å²) in [5.74, 6) is -0.291. The van der Waals surface area contributed by atoms with E-state index in [0.717, 1.165) is 89.1 Å². The number of halogens is 2. The fourth-order valence-corrected chi connectivity index (χ4v) is 11.2. The van der Waals surface area contributed by atoms with E-state index >= 15 is 8.78 Å². The molecule has 294 valence electrons. The highest BCUT2D eigenvalue weighted by Gasteiger charge is 2.53. The number of hydrogen-bond donors (Lipinski definition) is 1. The molecule has 7 rings (SSSR count). The van der Waals surface area contributed by atoms with E-state index < -0.39 is 21.6 Å². The van der Waals surface area contributed by atoms with Crippen molar-refractivity contribution in [2.75, 3.05) is 69.7 Å². The Morgan fingerprint density at radius 3 is 2.33 bits per heavy atom. The van der Waals surface area contributed by atoms with Crippen molar-refractivity contribution in [3.05, 3.63) is 96.6 Å². The van der Waals surface area contributed by atoms with Gasteiger partial charge in [-0.05, 0) is 136 Å². The first kappa shape index (κ1) is 39.1. The lowest BCUT2D eigenvalue weighted by molar-refractivity contribution is -0.142. The van der Waals surface area contributed by atoms with Gasteiger partial charge in [-0.1, -0.05) is 31.2 Å². The number of nitrogens with one attached hydrogen (secondary N) is 1. The third-order valence-corrected chi connectivity index (χ3v) is 14.5. The van der Waals surface area contributed by atoms with Gasteiger partial charge >= 0.3 is 5.97 Å². The van der Waals surface area contributed by atoms with Crippen LogP contribution in [0.25, 0.3) is 0 Å². The summed E-state index contributed by atoms with van der Waals surface area (Å²) in [5.41, 5.74) is 1.48. The number of likely N-dealkylation sites (tertiary alicyclic amines) is 2. The van der Waals surface area contributed by atoms with Gasteiger partial charge in [0.2, 0.25) is 15.7 Å². The number of ether oxygens (including phenoxy) is 1. The van der Waals surface area contributed by atoms with Crippen LogP contribution in [-0.2, 0) is 29.6 Å². The molecule has 3 aromatic rings. The normalized spacial score (nSPS) is 22.3. The van der Waals surface area contributed by atoms with E-state index in [1.54, 1.807) is 12.1 Å². The first-order valence-corrected chi connectivity index (χ1v) is 21.1. The highest BCUT2D eigenvalue weighted by Crippen LogP contribution is 2.54. The first-order chi connectivity index (χ1) is 26.5. The smallest absolute Gasteiger partial charge is 0.305 e. The molecule has 0 spiro atoms. The Hall–Kier alpha value is -4.13. The monoisotopic (exact) mass is 774 g/mol. The Balaban J connectivity index is 1.01. The zero-order chi connectivity index (χ0) is 38.7. The number of amides is 1. The molecule has 3 atom stereocenters. The Kier molecular flexibility index (Phi) is 11.8. The van der Waals surface area contributed by atoms with E-state index in [0.29, 0.717) is 42.7 Å². The molecule has 12 heteroatoms. The Bertz CT molecular complexity index is 1990. The van der Waals surface area contributed by atoms with Crippen molar-refractivity contribution in [3.63, 3.8) is 0 Å². The van der Waals surface area contributed by atoms with Gasteiger partial charge in [0.05, 0.1) is 22.6 Å². The van der Waals surface area contributed by atoms with Crippen LogP contribution in [0.3, 0.4) is 0 Å². The predicted octanol–water partition coefficient (Wildman–Crippen LogP) is 6.69. The molecule has 1 aliphatic carbocycles. The number of benzene rings is 3. The van der Waals surface area contributed by atoms with Crippen molar-refractivity contribution in [1.82, 2.24) is 9.80 Å². The van der Waals surface area contributed by atoms with Gasteiger partial charge in [-0.2, -0.15) is 0 Å². The molecule has 1 N–H and O–H groups in total. The van der Waals surface area contributed by atoms with Gasteiger partial charge in [0.25, 0.3) is 0 Å². The van der Waals surface area contributed by atoms with Crippen molar-refractivity contribution in [2.45, 2.75) is 60.2 Å². The van der Waals surface area contributed by atoms with Gasteiger partial charge in [0.15, 0.2) is 0 Å². The van der Waals surface area contributed by atoms with E-state index in [1.807, 2.05) is 11.0 Å². The highest BCUT2D eigenvalue weighted by atomic mass is 32.2. The van der Waals surface area contributed by atoms with Crippen LogP contribution in [0, 0.1) is 35.3 Å². The molecule has 9 nitrogen and oxygen atoms in total. The number of nitrogens with zero attached hydrogens (tertiary/aromatic N) is 3. The molecule has 0 unspecified atom stereocenters. The van der Waals surface area contributed by atoms with Gasteiger partial charge in [-0.15, -0.1) is 0 Å². The number of hydrogen-bond acceptors (Lipinski definition) is 8. The quantitative estimate of drug-likeness (QED) is 0.143. The van der Waals surface area contributed by atoms with E-state index in [2.05, 4.69) is 27.8 Å². The molecule has 1 amide bonds. The molecule has 3 aliphatic heterocycles. The largest absolute Gasteiger partial charge is 0.469 e. The summed E-state index contributed by atoms with van der Waals surface area (Å²) in [5, 5.41) is 2.55. The minimum Gasteiger partial charge on any atom is -0.469 e. The molecule has 55 heavy (non-hydrogen) atoms. The number of methoxy groups -OCH3 is 1. The standard InChI is InChI=1S/C43H52F2N4O5S/c1-3-41(50)46-35-11-6-12-36(24-35)55(52,53)37-14-15-40(39(45)25-37)49-27-30(28-49)26-47-20-16-32(17-21-47)43(29-48-18-7-19-48,33-9-5-10-34(44)23-33)38-13-4-8-31(38)22-42(51)54-2/h3,5-6,9-12,14-15,23-25,30-32,38H,1,4,7-8,13,16-22,26-29H2,2H3,(H,46,50)/t31-,38+,43+/m1/s1. The summed E-state index contributed by atoms with van der Waals surface area (Å²) in [6.45, 7) is 10.5. The predicted molar refractivity (Wildman–Crippen MR) is 209 cm³/mol. The second-order valence-electron chi connectivity index (χ2n) is 15.9. The summed E-state index contributed by atoms with van der Waals surface area (Å²) < 4.78 is 62.4. The molecule has 4 fully saturated rings. The molecular formula is C43H52F2N4O5S. The molecule has 0 aromatic heterocycles. The average molecular weight is 775 g/mol. The zero-order valence-electron chi connectivity index (χ0n) is 31.6. The number of carbonyl (C=O) groups excluding carboxylic acids is 2. The lowest BCUT2D eigenvalue weighted by Gasteiger charge is -2.54. The molecular weight excluding hydrogens is 723 g/mol. The summed E-state index contributed by atoms with van der Waals surface area (Å²) in [4.78, 5) is 31.1. The van der Waals surface area contributed by atoms with E-state index in [4.69, 9.17) is 4.74 Å². The Labute approximate surface area is 323 Å². The van der Waals surface area contributed by atoms with Crippen LogP contribution in [0.1, 0.15) is 50.5 Å². The summed E-state index contributed by atoms with van der Waals surface area (Å²) in [7, 11) is -2.57. The summed E-state index contributed by atoms with van der Waals surface area (Å²) >= 11 is 0. The molecule has 4 aliphatic rings. The Morgan fingerprint density at radius 1 is 0.909 bits per heavy atom. The zero-order valence-corrected chi connectivity index (χ0v) is 32.4. The number of rotatable bonds is 14. The molecule has 3 aromatic carbocycles. The number of esters is 1. The van der Waals surface area contributed by atoms with E-state index in [-0.39, 0.29) is 38.8 Å². The number of piperidine rings is 1. The van der Waals surface area contributed by atoms with Crippen LogP contribution in [0.15, 0.2) is 89.2 Å². The van der Waals surface area contributed by atoms with Crippen LogP contribution in [-0.4, -0.2) is 89.6 Å². The van der Waals surface area contributed by atoms with E-state index in [9.17, 15) is 18.0 Å². The maximum Gasteiger partial charge on any atom is 0.305 e. The highest BCUT2D eigenvalue weighted by molar-refractivity contribution is 7.91. The van der Waals surface area contributed by atoms with Gasteiger partial charge in [-0.25, -0.2) is 17.2 Å². The van der Waals surface area contributed by atoms with Crippen LogP contribution in [0.4, 0.5) is 20.2 Å². The van der Waals surface area contributed by atoms with Crippen molar-refractivity contribution < 1.29 is 31.5 Å². The minimum atomic E-state index is -4.03. The second kappa shape index (κ2) is 16.5. The first-order valence-electron chi connectivity index (χ1n) is 19.6. The summed E-state index contributed by atoms with van der Waals surface area (Å²) in [6, 6.07) is 17.1. The third kappa shape index (κ3) is 8.23. The second-order valence-corrected chi connectivity index (χ2v) is 17.9. The van der Waals surface area contributed by atoms with Gasteiger partial charge < -0.3 is 24.8 Å². The third-order valence-electron chi connectivity index (χ3n) is 12.7. The van der Waals surface area contributed by atoms with Crippen LogP contribution in [0.2, 0.25) is 0 Å². The average Bonchev–Trinajstić information content (AvgIpc) is 3.61. The Morgan fingerprint density at radius 2 is 1.65 bits per heavy atom. The lowest BCUT2D eigenvalue weighted by atomic mass is 9.56. The summed E-state index contributed by atoms with van der Waals surface area (Å²) in [6.07, 6.45) is 7.70. The SMILES string of the molecule is C=CC(=O)Nc1cccc(S(=O)(=O)c2ccc(N3CC(CN4CCC([C@@](CN5CCC5)(c5cccc(F)c5)[C@H]5CCC[C@@H]5CC(=O)OC)CC4)C3)c(F)c2)c1. The maximum atomic E-state index is 15.5. The lowest BCUT2D eigenvalue weighted by Crippen LogP contribution is -2.58. The molecule has 3 saturated heterocycles. The number of anilines is 2. The minimum absolute atomic E-state index is 0.0488. The van der Waals surface area contributed by atoms with Crippen LogP contribution in [0.5, 0.6) is 0 Å². The molecule has 1 saturated carbocycles. The topological polar surface area (TPSA) is 99.3 Å². The number of sulfone groups is 1. The van der Waals surface area contributed by atoms with Gasteiger partial charge in [-0.3, -0.25) is 9.59 Å². The van der Waals surface area contributed by atoms with Gasteiger partial charge in [0, 0.05) is 49.6 Å². The van der Waals surface area contributed by atoms with Crippen molar-refractivity contribution in [1.29, 1.82) is 0 Å². The molecule has 0 bridgehead atoms. The fraction of sp³-hybridized carbons (Fsp3) is 0.488. The van der Waals surface area contributed by atoms with Gasteiger partial charge in [0.1, 0.15) is 11.6 Å². The van der Waals surface area contributed by atoms with E-state index in [1.165, 1.54) is 49.9 Å². The van der Waals surface area contributed by atoms with Crippen molar-refractivity contribution in [2.24, 2.45) is 23.7 Å². The van der Waals surface area contributed by atoms with Crippen molar-refractivity contribution in [3.8, 4) is 0 Å². The van der Waals surface area contributed by atoms with Crippen LogP contribution >= 0.6 is 0 Å². The van der Waals surface area contributed by atoms with Crippen molar-refractivity contribution >= 4 is 33.1 Å². The maximum absolute atomic E-state index is 15.5. The molecule has 3 heterocycles. The van der Waals surface area contributed by atoms with Crippen LogP contribution < -0.4 is 10.2 Å².